The summed E-state index contributed by atoms with van der Waals surface area (Å²) < 4.78 is 5.53. The molecule has 2 atom stereocenters. The third kappa shape index (κ3) is 2.60. The van der Waals surface area contributed by atoms with Crippen LogP contribution < -0.4 is 4.90 Å². The molecule has 0 spiro atoms. The molecule has 1 aromatic carbocycles. The first-order valence-electron chi connectivity index (χ1n) is 5.86. The topological polar surface area (TPSA) is 75.8 Å². The second kappa shape index (κ2) is 5.32. The Balaban J connectivity index is 2.27. The van der Waals surface area contributed by atoms with E-state index >= 15 is 0 Å². The van der Waals surface area contributed by atoms with E-state index in [1.807, 2.05) is 11.8 Å². The third-order valence-corrected chi connectivity index (χ3v) is 2.95. The summed E-state index contributed by atoms with van der Waals surface area (Å²) in [6.07, 6.45) is -0.357. The molecule has 0 amide bonds. The number of hydrogen-bond donors (Lipinski definition) is 1. The van der Waals surface area contributed by atoms with Gasteiger partial charge in [-0.25, -0.2) is 0 Å². The average Bonchev–Trinajstić information content (AvgIpc) is 2.38. The molecule has 2 rings (SSSR count). The first-order valence-corrected chi connectivity index (χ1v) is 5.86. The number of rotatable bonds is 3. The van der Waals surface area contributed by atoms with Crippen molar-refractivity contribution < 1.29 is 14.8 Å². The van der Waals surface area contributed by atoms with Gasteiger partial charge in [0.1, 0.15) is 5.69 Å². The molecule has 2 unspecified atom stereocenters. The predicted octanol–water partition coefficient (Wildman–Crippen LogP) is 1.18. The molecule has 0 saturated carbocycles. The van der Waals surface area contributed by atoms with Crippen LogP contribution in [0.4, 0.5) is 11.4 Å². The van der Waals surface area contributed by atoms with Crippen LogP contribution in [0.15, 0.2) is 24.3 Å². The summed E-state index contributed by atoms with van der Waals surface area (Å²) in [5, 5.41) is 20.2. The lowest BCUT2D eigenvalue weighted by Gasteiger charge is -2.37. The first kappa shape index (κ1) is 12.8. The van der Waals surface area contributed by atoms with E-state index in [4.69, 9.17) is 9.84 Å². The molecule has 0 aromatic heterocycles. The molecule has 1 aliphatic heterocycles. The zero-order valence-corrected chi connectivity index (χ0v) is 10.2. The van der Waals surface area contributed by atoms with Gasteiger partial charge in [-0.3, -0.25) is 10.1 Å². The Morgan fingerprint density at radius 2 is 2.22 bits per heavy atom. The molecule has 1 fully saturated rings. The van der Waals surface area contributed by atoms with Gasteiger partial charge in [0, 0.05) is 19.2 Å². The van der Waals surface area contributed by atoms with Crippen molar-refractivity contribution in [3.8, 4) is 0 Å². The molecule has 1 saturated heterocycles. The van der Waals surface area contributed by atoms with E-state index in [0.717, 1.165) is 0 Å². The number of aliphatic hydroxyl groups is 1. The number of nitrogens with zero attached hydrogens (tertiary/aromatic N) is 2. The SMILES string of the molecule is CC1CN(c2ccccc2[N+](=O)[O-])CC(CO)O1. The van der Waals surface area contributed by atoms with Gasteiger partial charge in [-0.15, -0.1) is 0 Å². The minimum atomic E-state index is -0.386. The van der Waals surface area contributed by atoms with E-state index in [2.05, 4.69) is 0 Å². The Bertz CT molecular complexity index is 438. The number of para-hydroxylation sites is 2. The van der Waals surface area contributed by atoms with Crippen molar-refractivity contribution in [2.45, 2.75) is 19.1 Å². The number of hydrogen-bond acceptors (Lipinski definition) is 5. The van der Waals surface area contributed by atoms with Crippen LogP contribution in [0.1, 0.15) is 6.92 Å². The van der Waals surface area contributed by atoms with Gasteiger partial charge < -0.3 is 14.7 Å². The molecular weight excluding hydrogens is 236 g/mol. The zero-order valence-electron chi connectivity index (χ0n) is 10.2. The van der Waals surface area contributed by atoms with Crippen LogP contribution in [0.3, 0.4) is 0 Å². The lowest BCUT2D eigenvalue weighted by Crippen LogP contribution is -2.48. The van der Waals surface area contributed by atoms with Crippen molar-refractivity contribution in [3.05, 3.63) is 34.4 Å². The van der Waals surface area contributed by atoms with Gasteiger partial charge in [0.05, 0.1) is 23.7 Å². The number of nitro benzene ring substituents is 1. The van der Waals surface area contributed by atoms with Gasteiger partial charge in [0.2, 0.25) is 0 Å². The molecule has 98 valence electrons. The highest BCUT2D eigenvalue weighted by Crippen LogP contribution is 2.29. The fourth-order valence-corrected chi connectivity index (χ4v) is 2.23. The van der Waals surface area contributed by atoms with E-state index in [9.17, 15) is 10.1 Å². The van der Waals surface area contributed by atoms with Crippen molar-refractivity contribution in [3.63, 3.8) is 0 Å². The van der Waals surface area contributed by atoms with Crippen molar-refractivity contribution in [1.29, 1.82) is 0 Å². The van der Waals surface area contributed by atoms with Crippen molar-refractivity contribution in [1.82, 2.24) is 0 Å². The van der Waals surface area contributed by atoms with E-state index in [1.54, 1.807) is 18.2 Å². The maximum Gasteiger partial charge on any atom is 0.292 e. The highest BCUT2D eigenvalue weighted by atomic mass is 16.6. The first-order chi connectivity index (χ1) is 8.61. The zero-order chi connectivity index (χ0) is 13.1. The summed E-state index contributed by atoms with van der Waals surface area (Å²) >= 11 is 0. The third-order valence-electron chi connectivity index (χ3n) is 2.95. The molecule has 18 heavy (non-hydrogen) atoms. The average molecular weight is 252 g/mol. The van der Waals surface area contributed by atoms with Crippen molar-refractivity contribution >= 4 is 11.4 Å². The molecule has 0 radical (unpaired) electrons. The van der Waals surface area contributed by atoms with Gasteiger partial charge in [0.25, 0.3) is 5.69 Å². The largest absolute Gasteiger partial charge is 0.394 e. The van der Waals surface area contributed by atoms with Crippen molar-refractivity contribution in [2.75, 3.05) is 24.6 Å². The van der Waals surface area contributed by atoms with Crippen LogP contribution in [-0.2, 0) is 4.74 Å². The van der Waals surface area contributed by atoms with Crippen LogP contribution in [0, 0.1) is 10.1 Å². The van der Waals surface area contributed by atoms with Gasteiger partial charge in [-0.05, 0) is 13.0 Å². The Hall–Kier alpha value is -1.66. The van der Waals surface area contributed by atoms with Crippen LogP contribution in [0.5, 0.6) is 0 Å². The summed E-state index contributed by atoms with van der Waals surface area (Å²) in [7, 11) is 0. The number of nitro groups is 1. The fourth-order valence-electron chi connectivity index (χ4n) is 2.23. The lowest BCUT2D eigenvalue weighted by atomic mass is 10.1. The summed E-state index contributed by atoms with van der Waals surface area (Å²) in [5.74, 6) is 0. The predicted molar refractivity (Wildman–Crippen MR) is 66.7 cm³/mol. The summed E-state index contributed by atoms with van der Waals surface area (Å²) in [6.45, 7) is 2.86. The molecule has 6 heteroatoms. The Kier molecular flexibility index (Phi) is 3.78. The number of anilines is 1. The molecule has 1 heterocycles. The number of aliphatic hydroxyl groups excluding tert-OH is 1. The van der Waals surface area contributed by atoms with E-state index in [0.29, 0.717) is 18.8 Å². The van der Waals surface area contributed by atoms with Crippen LogP contribution >= 0.6 is 0 Å². The summed E-state index contributed by atoms with van der Waals surface area (Å²) in [5.41, 5.74) is 0.666. The van der Waals surface area contributed by atoms with Gasteiger partial charge >= 0.3 is 0 Å². The normalized spacial score (nSPS) is 24.0. The lowest BCUT2D eigenvalue weighted by molar-refractivity contribution is -0.384. The minimum absolute atomic E-state index is 0.0595. The fraction of sp³-hybridized carbons (Fsp3) is 0.500. The van der Waals surface area contributed by atoms with Crippen LogP contribution in [0.25, 0.3) is 0 Å². The molecule has 0 aliphatic carbocycles. The van der Waals surface area contributed by atoms with Gasteiger partial charge in [0.15, 0.2) is 0 Å². The summed E-state index contributed by atoms with van der Waals surface area (Å²) in [4.78, 5) is 12.5. The van der Waals surface area contributed by atoms with Gasteiger partial charge in [-0.1, -0.05) is 12.1 Å². The Labute approximate surface area is 105 Å². The second-order valence-electron chi connectivity index (χ2n) is 4.40. The highest BCUT2D eigenvalue weighted by Gasteiger charge is 2.28. The Morgan fingerprint density at radius 1 is 1.50 bits per heavy atom. The minimum Gasteiger partial charge on any atom is -0.394 e. The second-order valence-corrected chi connectivity index (χ2v) is 4.40. The smallest absolute Gasteiger partial charge is 0.292 e. The molecular formula is C12H16N2O4. The van der Waals surface area contributed by atoms with Crippen molar-refractivity contribution in [2.24, 2.45) is 0 Å². The standard InChI is InChI=1S/C12H16N2O4/c1-9-6-13(7-10(8-15)18-9)11-4-2-3-5-12(11)14(16)17/h2-5,9-10,15H,6-8H2,1H3. The van der Waals surface area contributed by atoms with Crippen LogP contribution in [-0.4, -0.2) is 41.9 Å². The highest BCUT2D eigenvalue weighted by molar-refractivity contribution is 5.63. The van der Waals surface area contributed by atoms with E-state index in [1.165, 1.54) is 6.07 Å². The van der Waals surface area contributed by atoms with Crippen LogP contribution in [0.2, 0.25) is 0 Å². The molecule has 1 aliphatic rings. The molecule has 1 aromatic rings. The van der Waals surface area contributed by atoms with Gasteiger partial charge in [-0.2, -0.15) is 0 Å². The number of benzene rings is 1. The maximum atomic E-state index is 11.0. The quantitative estimate of drug-likeness (QED) is 0.645. The molecule has 1 N–H and O–H groups in total. The number of ether oxygens (including phenoxy) is 1. The van der Waals surface area contributed by atoms with E-state index in [-0.39, 0.29) is 29.4 Å². The number of morpholine rings is 1. The van der Waals surface area contributed by atoms with E-state index < -0.39 is 0 Å². The maximum absolute atomic E-state index is 11.0. The summed E-state index contributed by atoms with van der Waals surface area (Å²) in [6, 6.07) is 6.64. The Morgan fingerprint density at radius 3 is 2.89 bits per heavy atom. The molecule has 0 bridgehead atoms. The molecule has 6 nitrogen and oxygen atoms in total. The monoisotopic (exact) mass is 252 g/mol.